The van der Waals surface area contributed by atoms with Gasteiger partial charge in [0.2, 0.25) is 5.91 Å². The molecule has 0 aliphatic heterocycles. The number of carbonyl (C=O) groups is 2. The summed E-state index contributed by atoms with van der Waals surface area (Å²) in [6.07, 6.45) is 3.20. The number of nitrogens with one attached hydrogen (secondary N) is 2. The van der Waals surface area contributed by atoms with Crippen LogP contribution in [0.1, 0.15) is 42.1 Å². The lowest BCUT2D eigenvalue weighted by Crippen LogP contribution is -2.23. The molecule has 0 bridgehead atoms. The maximum absolute atomic E-state index is 11.4. The lowest BCUT2D eigenvalue weighted by atomic mass is 10.1. The Balaban J connectivity index is 2.34. The number of hydrogen-bond acceptors (Lipinski definition) is 2. The highest BCUT2D eigenvalue weighted by Crippen LogP contribution is 2.08. The summed E-state index contributed by atoms with van der Waals surface area (Å²) in [4.78, 5) is 22.8. The Kier molecular flexibility index (Phi) is 6.64. The van der Waals surface area contributed by atoms with Gasteiger partial charge >= 0.3 is 0 Å². The quantitative estimate of drug-likeness (QED) is 0.788. The van der Waals surface area contributed by atoms with Crippen molar-refractivity contribution >= 4 is 11.8 Å². The van der Waals surface area contributed by atoms with Crippen LogP contribution in [-0.4, -0.2) is 25.4 Å². The molecule has 0 atom stereocenters. The van der Waals surface area contributed by atoms with E-state index in [1.54, 1.807) is 7.05 Å². The van der Waals surface area contributed by atoms with Crippen LogP contribution >= 0.6 is 0 Å². The highest BCUT2D eigenvalue weighted by molar-refractivity contribution is 5.93. The van der Waals surface area contributed by atoms with Gasteiger partial charge in [0.15, 0.2) is 0 Å². The Morgan fingerprint density at radius 2 is 1.84 bits per heavy atom. The lowest BCUT2D eigenvalue weighted by molar-refractivity contribution is -0.121. The zero-order valence-corrected chi connectivity index (χ0v) is 11.7. The second kappa shape index (κ2) is 8.29. The van der Waals surface area contributed by atoms with Crippen LogP contribution in [0.2, 0.25) is 0 Å². The number of amides is 2. The molecule has 104 valence electrons. The minimum Gasteiger partial charge on any atom is -0.356 e. The van der Waals surface area contributed by atoms with E-state index in [1.165, 1.54) is 0 Å². The van der Waals surface area contributed by atoms with Crippen molar-refractivity contribution < 1.29 is 9.59 Å². The van der Waals surface area contributed by atoms with Gasteiger partial charge in [0.25, 0.3) is 5.91 Å². The molecule has 0 spiro atoms. The van der Waals surface area contributed by atoms with Crippen molar-refractivity contribution in [1.82, 2.24) is 10.6 Å². The van der Waals surface area contributed by atoms with Gasteiger partial charge in [0.1, 0.15) is 0 Å². The Labute approximate surface area is 114 Å². The molecule has 0 aromatic heterocycles. The van der Waals surface area contributed by atoms with Gasteiger partial charge < -0.3 is 10.6 Å². The van der Waals surface area contributed by atoms with E-state index in [0.717, 1.165) is 31.4 Å². The van der Waals surface area contributed by atoms with E-state index in [4.69, 9.17) is 0 Å². The normalized spacial score (nSPS) is 10.0. The van der Waals surface area contributed by atoms with Crippen molar-refractivity contribution in [2.45, 2.75) is 32.6 Å². The zero-order valence-electron chi connectivity index (χ0n) is 11.7. The van der Waals surface area contributed by atoms with Crippen molar-refractivity contribution in [1.29, 1.82) is 0 Å². The molecule has 1 aromatic rings. The molecular formula is C15H22N2O2. The molecule has 2 N–H and O–H groups in total. The SMILES string of the molecule is CCCNC(=O)CCCc1ccc(C(=O)NC)cc1. The predicted octanol–water partition coefficient (Wildman–Crippen LogP) is 1.90. The average molecular weight is 262 g/mol. The van der Waals surface area contributed by atoms with Crippen LogP contribution in [0.15, 0.2) is 24.3 Å². The Morgan fingerprint density at radius 3 is 2.42 bits per heavy atom. The van der Waals surface area contributed by atoms with Crippen LogP contribution < -0.4 is 10.6 Å². The monoisotopic (exact) mass is 262 g/mol. The molecule has 2 amide bonds. The Bertz CT molecular complexity index is 413. The summed E-state index contributed by atoms with van der Waals surface area (Å²) in [6, 6.07) is 7.50. The Hall–Kier alpha value is -1.84. The number of benzene rings is 1. The van der Waals surface area contributed by atoms with E-state index in [9.17, 15) is 9.59 Å². The molecule has 0 heterocycles. The molecule has 0 radical (unpaired) electrons. The fourth-order valence-corrected chi connectivity index (χ4v) is 1.77. The number of rotatable bonds is 7. The van der Waals surface area contributed by atoms with Crippen LogP contribution in [0.3, 0.4) is 0 Å². The van der Waals surface area contributed by atoms with E-state index in [1.807, 2.05) is 31.2 Å². The van der Waals surface area contributed by atoms with Gasteiger partial charge in [-0.3, -0.25) is 9.59 Å². The molecule has 0 saturated heterocycles. The summed E-state index contributed by atoms with van der Waals surface area (Å²) < 4.78 is 0. The first-order chi connectivity index (χ1) is 9.17. The molecule has 0 fully saturated rings. The molecule has 0 saturated carbocycles. The first-order valence-corrected chi connectivity index (χ1v) is 6.75. The van der Waals surface area contributed by atoms with E-state index < -0.39 is 0 Å². The van der Waals surface area contributed by atoms with Crippen LogP contribution in [0.25, 0.3) is 0 Å². The molecule has 0 unspecified atom stereocenters. The summed E-state index contributed by atoms with van der Waals surface area (Å²) >= 11 is 0. The molecule has 4 heteroatoms. The van der Waals surface area contributed by atoms with Gasteiger partial charge in [-0.2, -0.15) is 0 Å². The third-order valence-electron chi connectivity index (χ3n) is 2.88. The van der Waals surface area contributed by atoms with Crippen LogP contribution in [0, 0.1) is 0 Å². The maximum Gasteiger partial charge on any atom is 0.251 e. The predicted molar refractivity (Wildman–Crippen MR) is 76.1 cm³/mol. The number of carbonyl (C=O) groups excluding carboxylic acids is 2. The molecule has 0 aliphatic carbocycles. The molecule has 1 rings (SSSR count). The van der Waals surface area contributed by atoms with Gasteiger partial charge in [-0.1, -0.05) is 19.1 Å². The summed E-state index contributed by atoms with van der Waals surface area (Å²) in [5.74, 6) is 0.0364. The molecular weight excluding hydrogens is 240 g/mol. The Morgan fingerprint density at radius 1 is 1.16 bits per heavy atom. The van der Waals surface area contributed by atoms with Crippen LogP contribution in [0.4, 0.5) is 0 Å². The summed E-state index contributed by atoms with van der Waals surface area (Å²) in [5, 5.41) is 5.44. The second-order valence-corrected chi connectivity index (χ2v) is 4.48. The van der Waals surface area contributed by atoms with Crippen molar-refractivity contribution in [2.24, 2.45) is 0 Å². The van der Waals surface area contributed by atoms with Crippen molar-refractivity contribution in [2.75, 3.05) is 13.6 Å². The average Bonchev–Trinajstić information content (AvgIpc) is 2.45. The molecule has 1 aromatic carbocycles. The van der Waals surface area contributed by atoms with E-state index in [-0.39, 0.29) is 11.8 Å². The van der Waals surface area contributed by atoms with Crippen molar-refractivity contribution in [3.63, 3.8) is 0 Å². The van der Waals surface area contributed by atoms with Gasteiger partial charge in [0, 0.05) is 25.6 Å². The van der Waals surface area contributed by atoms with Gasteiger partial charge in [-0.15, -0.1) is 0 Å². The standard InChI is InChI=1S/C15H22N2O2/c1-3-11-17-14(18)6-4-5-12-7-9-13(10-8-12)15(19)16-2/h7-10H,3-6,11H2,1-2H3,(H,16,19)(H,17,18). The smallest absolute Gasteiger partial charge is 0.251 e. The summed E-state index contributed by atoms with van der Waals surface area (Å²) in [7, 11) is 1.62. The highest BCUT2D eigenvalue weighted by atomic mass is 16.2. The first kappa shape index (κ1) is 15.2. The third-order valence-corrected chi connectivity index (χ3v) is 2.88. The van der Waals surface area contributed by atoms with Crippen LogP contribution in [0.5, 0.6) is 0 Å². The van der Waals surface area contributed by atoms with Crippen molar-refractivity contribution in [3.8, 4) is 0 Å². The van der Waals surface area contributed by atoms with Gasteiger partial charge in [-0.05, 0) is 37.0 Å². The minimum atomic E-state index is -0.0782. The van der Waals surface area contributed by atoms with Gasteiger partial charge in [0.05, 0.1) is 0 Å². The van der Waals surface area contributed by atoms with E-state index in [2.05, 4.69) is 10.6 Å². The summed E-state index contributed by atoms with van der Waals surface area (Å²) in [6.45, 7) is 2.79. The maximum atomic E-state index is 11.4. The third kappa shape index (κ3) is 5.55. The van der Waals surface area contributed by atoms with Crippen LogP contribution in [-0.2, 0) is 11.2 Å². The number of hydrogen-bond donors (Lipinski definition) is 2. The van der Waals surface area contributed by atoms with E-state index in [0.29, 0.717) is 12.0 Å². The fourth-order valence-electron chi connectivity index (χ4n) is 1.77. The fraction of sp³-hybridized carbons (Fsp3) is 0.467. The molecule has 19 heavy (non-hydrogen) atoms. The second-order valence-electron chi connectivity index (χ2n) is 4.48. The van der Waals surface area contributed by atoms with Gasteiger partial charge in [-0.25, -0.2) is 0 Å². The minimum absolute atomic E-state index is 0.0782. The first-order valence-electron chi connectivity index (χ1n) is 6.75. The number of aryl methyl sites for hydroxylation is 1. The van der Waals surface area contributed by atoms with E-state index >= 15 is 0 Å². The molecule has 4 nitrogen and oxygen atoms in total. The lowest BCUT2D eigenvalue weighted by Gasteiger charge is -2.05. The largest absolute Gasteiger partial charge is 0.356 e. The highest BCUT2D eigenvalue weighted by Gasteiger charge is 2.03. The van der Waals surface area contributed by atoms with Crippen molar-refractivity contribution in [3.05, 3.63) is 35.4 Å². The zero-order chi connectivity index (χ0) is 14.1. The topological polar surface area (TPSA) is 58.2 Å². The molecule has 0 aliphatic rings. The summed E-state index contributed by atoms with van der Waals surface area (Å²) in [5.41, 5.74) is 1.81.